The van der Waals surface area contributed by atoms with Crippen LogP contribution in [0.1, 0.15) is 26.4 Å². The maximum atomic E-state index is 12.0. The summed E-state index contributed by atoms with van der Waals surface area (Å²) in [5.41, 5.74) is 1.36. The molecule has 0 saturated carbocycles. The van der Waals surface area contributed by atoms with Crippen molar-refractivity contribution in [2.24, 2.45) is 0 Å². The van der Waals surface area contributed by atoms with Gasteiger partial charge in [-0.3, -0.25) is 24.6 Å². The number of amides is 2. The van der Waals surface area contributed by atoms with Gasteiger partial charge >= 0.3 is 0 Å². The third kappa shape index (κ3) is 1.42. The van der Waals surface area contributed by atoms with Crippen LogP contribution in [0.2, 0.25) is 0 Å². The first-order valence-electron chi connectivity index (χ1n) is 5.06. The molecule has 6 nitrogen and oxygen atoms in total. The molecule has 2 aromatic rings. The van der Waals surface area contributed by atoms with Gasteiger partial charge in [-0.05, 0) is 12.1 Å². The highest BCUT2D eigenvalue weighted by atomic mass is 16.2. The highest BCUT2D eigenvalue weighted by molar-refractivity contribution is 6.20. The van der Waals surface area contributed by atoms with E-state index in [1.165, 1.54) is 11.1 Å². The Balaban J connectivity index is 1.95. The van der Waals surface area contributed by atoms with Crippen molar-refractivity contribution < 1.29 is 9.59 Å². The molecule has 2 amide bonds. The van der Waals surface area contributed by atoms with E-state index in [4.69, 9.17) is 0 Å². The van der Waals surface area contributed by atoms with Crippen LogP contribution in [0, 0.1) is 0 Å². The molecule has 0 atom stereocenters. The third-order valence-corrected chi connectivity index (χ3v) is 2.63. The van der Waals surface area contributed by atoms with Gasteiger partial charge in [-0.2, -0.15) is 5.10 Å². The van der Waals surface area contributed by atoms with Crippen molar-refractivity contribution in [2.45, 2.75) is 6.54 Å². The molecule has 0 spiro atoms. The Morgan fingerprint density at radius 3 is 2.88 bits per heavy atom. The molecule has 17 heavy (non-hydrogen) atoms. The van der Waals surface area contributed by atoms with E-state index in [0.29, 0.717) is 5.56 Å². The first kappa shape index (κ1) is 9.71. The zero-order chi connectivity index (χ0) is 11.8. The predicted molar refractivity (Wildman–Crippen MR) is 57.0 cm³/mol. The minimum atomic E-state index is -0.355. The van der Waals surface area contributed by atoms with Crippen LogP contribution in [0.5, 0.6) is 0 Å². The number of rotatable bonds is 2. The van der Waals surface area contributed by atoms with Gasteiger partial charge < -0.3 is 0 Å². The molecule has 1 aliphatic heterocycles. The number of H-pyrrole nitrogens is 1. The summed E-state index contributed by atoms with van der Waals surface area (Å²) in [4.78, 5) is 29.0. The van der Waals surface area contributed by atoms with Gasteiger partial charge in [-0.25, -0.2) is 0 Å². The van der Waals surface area contributed by atoms with Gasteiger partial charge in [0.25, 0.3) is 11.8 Å². The highest BCUT2D eigenvalue weighted by Gasteiger charge is 2.36. The molecule has 0 unspecified atom stereocenters. The number of nitrogens with zero attached hydrogens (tertiary/aromatic N) is 3. The Morgan fingerprint density at radius 1 is 1.29 bits per heavy atom. The second-order valence-electron chi connectivity index (χ2n) is 3.70. The Kier molecular flexibility index (Phi) is 2.01. The van der Waals surface area contributed by atoms with Crippen molar-refractivity contribution >= 4 is 11.8 Å². The van der Waals surface area contributed by atoms with E-state index >= 15 is 0 Å². The van der Waals surface area contributed by atoms with Crippen LogP contribution in [-0.2, 0) is 6.54 Å². The monoisotopic (exact) mass is 228 g/mol. The van der Waals surface area contributed by atoms with Crippen molar-refractivity contribution in [3.05, 3.63) is 47.5 Å². The molecule has 0 aliphatic carbocycles. The number of hydrogen-bond donors (Lipinski definition) is 1. The molecular weight excluding hydrogens is 220 g/mol. The number of carbonyl (C=O) groups excluding carboxylic acids is 2. The van der Waals surface area contributed by atoms with Crippen molar-refractivity contribution in [2.75, 3.05) is 0 Å². The van der Waals surface area contributed by atoms with Gasteiger partial charge in [0.15, 0.2) is 0 Å². The summed E-state index contributed by atoms with van der Waals surface area (Å²) < 4.78 is 0. The SMILES string of the molecule is O=C1c2cccnc2C(=O)N1Cc1cn[nH]c1. The van der Waals surface area contributed by atoms with Crippen molar-refractivity contribution in [3.63, 3.8) is 0 Å². The van der Waals surface area contributed by atoms with Gasteiger partial charge in [0.05, 0.1) is 18.3 Å². The Hall–Kier alpha value is -2.50. The van der Waals surface area contributed by atoms with Gasteiger partial charge in [0, 0.05) is 18.0 Å². The van der Waals surface area contributed by atoms with Crippen LogP contribution >= 0.6 is 0 Å². The summed E-state index contributed by atoms with van der Waals surface area (Å²) in [5, 5.41) is 6.41. The lowest BCUT2D eigenvalue weighted by molar-refractivity contribution is 0.0640. The topological polar surface area (TPSA) is 79.0 Å². The van der Waals surface area contributed by atoms with Crippen LogP contribution in [-0.4, -0.2) is 31.9 Å². The molecule has 0 aromatic carbocycles. The molecule has 3 heterocycles. The lowest BCUT2D eigenvalue weighted by Crippen LogP contribution is -2.29. The predicted octanol–water partition coefficient (Wildman–Crippen LogP) is 0.601. The maximum Gasteiger partial charge on any atom is 0.280 e. The third-order valence-electron chi connectivity index (χ3n) is 2.63. The summed E-state index contributed by atoms with van der Waals surface area (Å²) in [5.74, 6) is -0.661. The number of imide groups is 1. The molecule has 0 fully saturated rings. The first-order chi connectivity index (χ1) is 8.27. The van der Waals surface area contributed by atoms with Crippen molar-refractivity contribution in [1.82, 2.24) is 20.1 Å². The van der Waals surface area contributed by atoms with E-state index in [1.807, 2.05) is 0 Å². The molecule has 0 radical (unpaired) electrons. The lowest BCUT2D eigenvalue weighted by Gasteiger charge is -2.11. The van der Waals surface area contributed by atoms with Crippen LogP contribution in [0.3, 0.4) is 0 Å². The average Bonchev–Trinajstić information content (AvgIpc) is 2.94. The Labute approximate surface area is 96.3 Å². The highest BCUT2D eigenvalue weighted by Crippen LogP contribution is 2.21. The summed E-state index contributed by atoms with van der Waals surface area (Å²) in [6, 6.07) is 3.25. The number of carbonyl (C=O) groups is 2. The quantitative estimate of drug-likeness (QED) is 0.763. The summed E-state index contributed by atoms with van der Waals surface area (Å²) in [6.07, 6.45) is 4.74. The Morgan fingerprint density at radius 2 is 2.18 bits per heavy atom. The van der Waals surface area contributed by atoms with Crippen molar-refractivity contribution in [1.29, 1.82) is 0 Å². The van der Waals surface area contributed by atoms with Gasteiger partial charge in [-0.15, -0.1) is 0 Å². The standard InChI is InChI=1S/C11H8N4O2/c16-10-8-2-1-3-12-9(8)11(17)15(10)6-7-4-13-14-5-7/h1-5H,6H2,(H,13,14). The number of aromatic amines is 1. The van der Waals surface area contributed by atoms with Crippen LogP contribution in [0.25, 0.3) is 0 Å². The van der Waals surface area contributed by atoms with Crippen LogP contribution < -0.4 is 0 Å². The zero-order valence-electron chi connectivity index (χ0n) is 8.75. The lowest BCUT2D eigenvalue weighted by atomic mass is 10.2. The summed E-state index contributed by atoms with van der Waals surface area (Å²) in [7, 11) is 0. The number of aromatic nitrogens is 3. The molecule has 1 aliphatic rings. The van der Waals surface area contributed by atoms with Gasteiger partial charge in [0.1, 0.15) is 5.69 Å². The summed E-state index contributed by atoms with van der Waals surface area (Å²) in [6.45, 7) is 0.213. The fraction of sp³-hybridized carbons (Fsp3) is 0.0909. The van der Waals surface area contributed by atoms with E-state index < -0.39 is 0 Å². The normalized spacial score (nSPS) is 14.2. The van der Waals surface area contributed by atoms with E-state index in [-0.39, 0.29) is 24.1 Å². The summed E-state index contributed by atoms with van der Waals surface area (Å²) >= 11 is 0. The minimum absolute atomic E-state index is 0.213. The fourth-order valence-electron chi connectivity index (χ4n) is 1.80. The fourth-order valence-corrected chi connectivity index (χ4v) is 1.80. The largest absolute Gasteiger partial charge is 0.285 e. The van der Waals surface area contributed by atoms with E-state index in [2.05, 4.69) is 15.2 Å². The van der Waals surface area contributed by atoms with Gasteiger partial charge in [0.2, 0.25) is 0 Å². The Bertz CT molecular complexity index is 556. The molecule has 1 N–H and O–H groups in total. The first-order valence-corrected chi connectivity index (χ1v) is 5.06. The second kappa shape index (κ2) is 3.51. The van der Waals surface area contributed by atoms with E-state index in [1.54, 1.807) is 24.5 Å². The molecule has 6 heteroatoms. The van der Waals surface area contributed by atoms with Crippen LogP contribution in [0.15, 0.2) is 30.7 Å². The van der Waals surface area contributed by atoms with E-state index in [9.17, 15) is 9.59 Å². The smallest absolute Gasteiger partial charge is 0.280 e. The second-order valence-corrected chi connectivity index (χ2v) is 3.70. The van der Waals surface area contributed by atoms with Gasteiger partial charge in [-0.1, -0.05) is 0 Å². The number of nitrogens with one attached hydrogen (secondary N) is 1. The number of pyridine rings is 1. The average molecular weight is 228 g/mol. The molecule has 0 bridgehead atoms. The number of fused-ring (bicyclic) bond motifs is 1. The molecule has 3 rings (SSSR count). The maximum absolute atomic E-state index is 12.0. The molecule has 0 saturated heterocycles. The van der Waals surface area contributed by atoms with Crippen molar-refractivity contribution in [3.8, 4) is 0 Å². The van der Waals surface area contributed by atoms with E-state index in [0.717, 1.165) is 5.56 Å². The zero-order valence-corrected chi connectivity index (χ0v) is 8.75. The molecule has 2 aromatic heterocycles. The number of hydrogen-bond acceptors (Lipinski definition) is 4. The minimum Gasteiger partial charge on any atom is -0.285 e. The van der Waals surface area contributed by atoms with Crippen LogP contribution in [0.4, 0.5) is 0 Å². The molecule has 84 valence electrons. The molecular formula is C11H8N4O2.